The van der Waals surface area contributed by atoms with Crippen LogP contribution >= 0.6 is 11.6 Å². The van der Waals surface area contributed by atoms with Crippen LogP contribution in [0, 0.1) is 29.1 Å². The Morgan fingerprint density at radius 1 is 1.10 bits per heavy atom. The van der Waals surface area contributed by atoms with Crippen LogP contribution in [-0.4, -0.2) is 25.6 Å². The van der Waals surface area contributed by atoms with Crippen molar-refractivity contribution >= 4 is 33.3 Å². The van der Waals surface area contributed by atoms with E-state index in [-0.39, 0.29) is 32.9 Å². The fraction of sp³-hybridized carbons (Fsp3) is 0.652. The van der Waals surface area contributed by atoms with Crippen LogP contribution in [0.2, 0.25) is 5.02 Å². The normalized spacial score (nSPS) is 35.5. The molecule has 5 saturated carbocycles. The summed E-state index contributed by atoms with van der Waals surface area (Å²) in [6.45, 7) is 0. The van der Waals surface area contributed by atoms with Crippen LogP contribution in [0.1, 0.15) is 57.8 Å². The number of ketones is 1. The molecule has 4 bridgehead atoms. The molecule has 0 heterocycles. The lowest BCUT2D eigenvalue weighted by atomic mass is 9.45. The summed E-state index contributed by atoms with van der Waals surface area (Å²) in [4.78, 5) is 25.7. The van der Waals surface area contributed by atoms with Gasteiger partial charge in [0.15, 0.2) is 5.78 Å². The number of benzene rings is 1. The SMILES string of the molecule is NC(=O)C12CC3CC(C1)C(CC(=O)C1(NS(=O)(=O)c4ccccc4Cl)CCC1)C(C3)C2. The standard InChI is InChI=1S/C23H29ClN2O4S/c24-18-4-1-2-5-19(18)31(29,30)26-23(6-3-7-23)20(27)10-17-15-8-14-9-16(17)13-22(11-14,12-15)21(25)28/h1-2,4-5,14-17,26H,3,6-13H2,(H2,25,28). The summed E-state index contributed by atoms with van der Waals surface area (Å²) in [5, 5.41) is 0.148. The number of hydrogen-bond donors (Lipinski definition) is 2. The topological polar surface area (TPSA) is 106 Å². The van der Waals surface area contributed by atoms with E-state index in [1.807, 2.05) is 0 Å². The van der Waals surface area contributed by atoms with Gasteiger partial charge in [-0.3, -0.25) is 9.59 Å². The lowest BCUT2D eigenvalue weighted by Gasteiger charge is -2.59. The highest BCUT2D eigenvalue weighted by Gasteiger charge is 2.59. The van der Waals surface area contributed by atoms with Gasteiger partial charge in [-0.2, -0.15) is 4.72 Å². The minimum atomic E-state index is -3.90. The highest BCUT2D eigenvalue weighted by molar-refractivity contribution is 7.89. The predicted octanol–water partition coefficient (Wildman–Crippen LogP) is 3.43. The third kappa shape index (κ3) is 3.44. The molecule has 1 aromatic rings. The van der Waals surface area contributed by atoms with E-state index >= 15 is 0 Å². The van der Waals surface area contributed by atoms with Crippen molar-refractivity contribution in [3.8, 4) is 0 Å². The molecule has 0 spiro atoms. The van der Waals surface area contributed by atoms with Gasteiger partial charge >= 0.3 is 0 Å². The molecule has 0 aromatic heterocycles. The zero-order chi connectivity index (χ0) is 22.0. The Balaban J connectivity index is 1.34. The van der Waals surface area contributed by atoms with Crippen LogP contribution in [0.15, 0.2) is 29.2 Å². The molecular formula is C23H29ClN2O4S. The van der Waals surface area contributed by atoms with Crippen molar-refractivity contribution in [1.82, 2.24) is 4.72 Å². The number of carbonyl (C=O) groups is 2. The maximum atomic E-state index is 13.5. The Bertz CT molecular complexity index is 1020. The average molecular weight is 465 g/mol. The smallest absolute Gasteiger partial charge is 0.242 e. The second-order valence-corrected chi connectivity index (χ2v) is 12.4. The Hall–Kier alpha value is -1.44. The number of rotatable bonds is 7. The number of amides is 1. The van der Waals surface area contributed by atoms with E-state index in [1.165, 1.54) is 12.1 Å². The van der Waals surface area contributed by atoms with Crippen molar-refractivity contribution in [2.45, 2.75) is 68.2 Å². The number of carbonyl (C=O) groups excluding carboxylic acids is 2. The summed E-state index contributed by atoms with van der Waals surface area (Å²) in [5.41, 5.74) is 4.37. The van der Waals surface area contributed by atoms with Gasteiger partial charge in [0.25, 0.3) is 0 Å². The van der Waals surface area contributed by atoms with Crippen LogP contribution < -0.4 is 10.5 Å². The monoisotopic (exact) mass is 464 g/mol. The van der Waals surface area contributed by atoms with Gasteiger partial charge in [0.05, 0.1) is 10.6 Å². The fourth-order valence-electron chi connectivity index (χ4n) is 7.12. The number of primary amides is 1. The molecule has 5 aliphatic carbocycles. The van der Waals surface area contributed by atoms with Gasteiger partial charge in [0, 0.05) is 11.8 Å². The first-order chi connectivity index (χ1) is 14.6. The van der Waals surface area contributed by atoms with Gasteiger partial charge in [0.2, 0.25) is 15.9 Å². The first-order valence-electron chi connectivity index (χ1n) is 11.3. The van der Waals surface area contributed by atoms with Crippen molar-refractivity contribution < 1.29 is 18.0 Å². The number of sulfonamides is 1. The summed E-state index contributed by atoms with van der Waals surface area (Å²) in [5.74, 6) is 1.23. The Labute approximate surface area is 188 Å². The second kappa shape index (κ2) is 7.29. The first kappa shape index (κ1) is 21.4. The summed E-state index contributed by atoms with van der Waals surface area (Å²) in [7, 11) is -3.90. The third-order valence-electron chi connectivity index (χ3n) is 8.61. The average Bonchev–Trinajstić information content (AvgIpc) is 2.67. The highest BCUT2D eigenvalue weighted by atomic mass is 35.5. The van der Waals surface area contributed by atoms with Crippen molar-refractivity contribution in [1.29, 1.82) is 0 Å². The summed E-state index contributed by atoms with van der Waals surface area (Å²) >= 11 is 6.11. The van der Waals surface area contributed by atoms with Crippen LogP contribution in [-0.2, 0) is 19.6 Å². The zero-order valence-electron chi connectivity index (χ0n) is 17.5. The first-order valence-corrected chi connectivity index (χ1v) is 13.1. The molecule has 31 heavy (non-hydrogen) atoms. The maximum absolute atomic E-state index is 13.5. The molecule has 5 fully saturated rings. The lowest BCUT2D eigenvalue weighted by molar-refractivity contribution is -0.152. The molecule has 1 aromatic carbocycles. The van der Waals surface area contributed by atoms with Gasteiger partial charge < -0.3 is 5.73 Å². The van der Waals surface area contributed by atoms with Crippen LogP contribution in [0.4, 0.5) is 0 Å². The maximum Gasteiger partial charge on any atom is 0.242 e. The van der Waals surface area contributed by atoms with Crippen LogP contribution in [0.3, 0.4) is 0 Å². The lowest BCUT2D eigenvalue weighted by Crippen LogP contribution is -2.61. The molecule has 6 nitrogen and oxygen atoms in total. The van der Waals surface area contributed by atoms with E-state index in [9.17, 15) is 18.0 Å². The molecule has 0 aliphatic heterocycles. The van der Waals surface area contributed by atoms with E-state index < -0.39 is 15.6 Å². The van der Waals surface area contributed by atoms with E-state index in [0.717, 1.165) is 38.5 Å². The number of hydrogen-bond acceptors (Lipinski definition) is 4. The van der Waals surface area contributed by atoms with Gasteiger partial charge in [0.1, 0.15) is 4.90 Å². The Kier molecular flexibility index (Phi) is 5.03. The molecule has 2 atom stereocenters. The fourth-order valence-corrected chi connectivity index (χ4v) is 9.08. The Morgan fingerprint density at radius 3 is 2.29 bits per heavy atom. The minimum absolute atomic E-state index is 0.00812. The molecule has 8 heteroatoms. The van der Waals surface area contributed by atoms with Crippen molar-refractivity contribution in [2.24, 2.45) is 34.8 Å². The molecular weight excluding hydrogens is 436 g/mol. The Morgan fingerprint density at radius 2 is 1.74 bits per heavy atom. The van der Waals surface area contributed by atoms with Crippen LogP contribution in [0.5, 0.6) is 0 Å². The summed E-state index contributed by atoms with van der Waals surface area (Å²) < 4.78 is 28.8. The molecule has 5 aliphatic rings. The number of halogens is 1. The predicted molar refractivity (Wildman–Crippen MR) is 117 cm³/mol. The van der Waals surface area contributed by atoms with Crippen molar-refractivity contribution in [3.05, 3.63) is 29.3 Å². The van der Waals surface area contributed by atoms with E-state index in [2.05, 4.69) is 4.72 Å². The largest absolute Gasteiger partial charge is 0.369 e. The van der Waals surface area contributed by atoms with E-state index in [1.54, 1.807) is 12.1 Å². The van der Waals surface area contributed by atoms with Crippen molar-refractivity contribution in [2.75, 3.05) is 0 Å². The third-order valence-corrected chi connectivity index (χ3v) is 10.6. The van der Waals surface area contributed by atoms with Gasteiger partial charge in [-0.05, 0) is 87.2 Å². The van der Waals surface area contributed by atoms with E-state index in [0.29, 0.717) is 37.0 Å². The molecule has 2 unspecified atom stereocenters. The number of Topliss-reactive ketones (excluding diaryl/α,β-unsaturated/α-hetero) is 1. The molecule has 168 valence electrons. The molecule has 3 N–H and O–H groups in total. The minimum Gasteiger partial charge on any atom is -0.369 e. The van der Waals surface area contributed by atoms with Gasteiger partial charge in [-0.1, -0.05) is 23.7 Å². The quantitative estimate of drug-likeness (QED) is 0.644. The van der Waals surface area contributed by atoms with Crippen molar-refractivity contribution in [3.63, 3.8) is 0 Å². The highest BCUT2D eigenvalue weighted by Crippen LogP contribution is 2.63. The second-order valence-electron chi connectivity index (χ2n) is 10.4. The van der Waals surface area contributed by atoms with Gasteiger partial charge in [-0.15, -0.1) is 0 Å². The summed E-state index contributed by atoms with van der Waals surface area (Å²) in [6, 6.07) is 6.30. The molecule has 1 amide bonds. The number of nitrogens with one attached hydrogen (secondary N) is 1. The molecule has 0 radical (unpaired) electrons. The van der Waals surface area contributed by atoms with E-state index in [4.69, 9.17) is 17.3 Å². The number of nitrogens with two attached hydrogens (primary N) is 1. The zero-order valence-corrected chi connectivity index (χ0v) is 19.1. The summed E-state index contributed by atoms with van der Waals surface area (Å²) in [6.07, 6.45) is 6.82. The van der Waals surface area contributed by atoms with Gasteiger partial charge in [-0.25, -0.2) is 8.42 Å². The molecule has 0 saturated heterocycles. The molecule has 6 rings (SSSR count). The van der Waals surface area contributed by atoms with Crippen LogP contribution in [0.25, 0.3) is 0 Å².